The fraction of sp³-hybridized carbons (Fsp3) is 0.556. The molecule has 0 unspecified atom stereocenters. The normalized spacial score (nSPS) is 13.2. The molecule has 0 spiro atoms. The predicted octanol–water partition coefficient (Wildman–Crippen LogP) is 1.26. The molecule has 0 aliphatic rings. The van der Waals surface area contributed by atoms with E-state index in [9.17, 15) is 26.0 Å². The van der Waals surface area contributed by atoms with Gasteiger partial charge in [0.1, 0.15) is 23.0 Å². The van der Waals surface area contributed by atoms with E-state index in [0.29, 0.717) is 0 Å². The van der Waals surface area contributed by atoms with Crippen LogP contribution in [0, 0.1) is 6.92 Å². The molecule has 1 heterocycles. The lowest BCUT2D eigenvalue weighted by Crippen LogP contribution is -2.41. The first-order valence-electron chi connectivity index (χ1n) is 4.96. The van der Waals surface area contributed by atoms with Crippen molar-refractivity contribution in [2.75, 3.05) is 6.54 Å². The largest absolute Gasteiger partial charge is 0.462 e. The monoisotopic (exact) mass is 305 g/mol. The molecule has 19 heavy (non-hydrogen) atoms. The van der Waals surface area contributed by atoms with Gasteiger partial charge in [-0.1, -0.05) is 0 Å². The summed E-state index contributed by atoms with van der Waals surface area (Å²) in [6, 6.07) is 0.929. The third-order valence-electron chi connectivity index (χ3n) is 2.19. The van der Waals surface area contributed by atoms with Crippen molar-refractivity contribution in [3.63, 3.8) is 0 Å². The highest BCUT2D eigenvalue weighted by Gasteiger charge is 2.41. The van der Waals surface area contributed by atoms with Gasteiger partial charge in [0.15, 0.2) is 0 Å². The molecule has 0 saturated carbocycles. The van der Waals surface area contributed by atoms with E-state index in [-0.39, 0.29) is 11.5 Å². The molecule has 1 aromatic heterocycles. The molecule has 0 atom stereocenters. The summed E-state index contributed by atoms with van der Waals surface area (Å²) in [7, 11) is -4.42. The van der Waals surface area contributed by atoms with Gasteiger partial charge in [-0.05, 0) is 6.92 Å². The van der Waals surface area contributed by atoms with Crippen molar-refractivity contribution in [1.29, 1.82) is 0 Å². The average Bonchev–Trinajstić information content (AvgIpc) is 2.69. The van der Waals surface area contributed by atoms with E-state index in [1.807, 2.05) is 0 Å². The minimum Gasteiger partial charge on any atom is -0.462 e. The van der Waals surface area contributed by atoms with Crippen LogP contribution in [0.4, 0.5) is 17.6 Å². The van der Waals surface area contributed by atoms with Crippen LogP contribution in [0.25, 0.3) is 0 Å². The van der Waals surface area contributed by atoms with Crippen LogP contribution in [-0.2, 0) is 16.6 Å². The van der Waals surface area contributed by atoms with E-state index in [0.717, 1.165) is 6.07 Å². The lowest BCUT2D eigenvalue weighted by molar-refractivity contribution is -0.122. The maximum absolute atomic E-state index is 12.6. The lowest BCUT2D eigenvalue weighted by atomic mass is 10.4. The van der Waals surface area contributed by atoms with Gasteiger partial charge in [-0.3, -0.25) is 0 Å². The van der Waals surface area contributed by atoms with E-state index >= 15 is 0 Å². The summed E-state index contributed by atoms with van der Waals surface area (Å²) in [6.07, 6.45) is -3.98. The first kappa shape index (κ1) is 15.9. The van der Waals surface area contributed by atoms with Crippen LogP contribution in [0.2, 0.25) is 0 Å². The minimum atomic E-state index is -4.47. The molecule has 0 radical (unpaired) electrons. The quantitative estimate of drug-likeness (QED) is 0.776. The second kappa shape index (κ2) is 5.47. The number of halogens is 4. The zero-order valence-electron chi connectivity index (χ0n) is 9.66. The van der Waals surface area contributed by atoms with Gasteiger partial charge in [0, 0.05) is 6.07 Å². The molecular weight excluding hydrogens is 294 g/mol. The molecule has 0 saturated heterocycles. The Morgan fingerprint density at radius 1 is 1.47 bits per heavy atom. The zero-order valence-corrected chi connectivity index (χ0v) is 10.5. The molecule has 5 nitrogen and oxygen atoms in total. The van der Waals surface area contributed by atoms with E-state index < -0.39 is 40.4 Å². The topological polar surface area (TPSA) is 79.5 Å². The van der Waals surface area contributed by atoms with Gasteiger partial charge in [-0.2, -0.15) is 8.78 Å². The Morgan fingerprint density at radius 2 is 2.05 bits per heavy atom. The highest BCUT2D eigenvalue weighted by atomic mass is 32.2. The lowest BCUT2D eigenvalue weighted by Gasteiger charge is -2.15. The molecule has 2 N–H and O–H groups in total. The van der Waals surface area contributed by atoms with Gasteiger partial charge in [-0.25, -0.2) is 21.9 Å². The molecular formula is C9H11F4NO4S. The summed E-state index contributed by atoms with van der Waals surface area (Å²) in [6.45, 7) is -1.07. The van der Waals surface area contributed by atoms with Crippen LogP contribution in [0.5, 0.6) is 0 Å². The number of sulfonamides is 1. The van der Waals surface area contributed by atoms with Gasteiger partial charge in [0.25, 0.3) is 0 Å². The van der Waals surface area contributed by atoms with Crippen LogP contribution in [-0.4, -0.2) is 32.4 Å². The molecule has 1 aromatic rings. The van der Waals surface area contributed by atoms with Crippen LogP contribution in [0.15, 0.2) is 15.4 Å². The van der Waals surface area contributed by atoms with Crippen molar-refractivity contribution in [2.24, 2.45) is 0 Å². The predicted molar refractivity (Wildman–Crippen MR) is 55.5 cm³/mol. The SMILES string of the molecule is Cc1oc(CO)cc1S(=O)(=O)NCC(F)(F)C(F)F. The number of aliphatic hydroxyl groups is 1. The number of hydrogen-bond acceptors (Lipinski definition) is 4. The second-order valence-corrected chi connectivity index (χ2v) is 5.41. The first-order chi connectivity index (χ1) is 8.60. The summed E-state index contributed by atoms with van der Waals surface area (Å²) in [5, 5.41) is 8.74. The Balaban J connectivity index is 2.90. The number of rotatable bonds is 6. The molecule has 0 fully saturated rings. The van der Waals surface area contributed by atoms with E-state index in [1.165, 1.54) is 11.6 Å². The molecule has 0 bridgehead atoms. The van der Waals surface area contributed by atoms with Gasteiger partial charge < -0.3 is 9.52 Å². The summed E-state index contributed by atoms with van der Waals surface area (Å²) in [5.41, 5.74) is 0. The Kier molecular flexibility index (Phi) is 4.59. The first-order valence-corrected chi connectivity index (χ1v) is 6.44. The molecule has 110 valence electrons. The third kappa shape index (κ3) is 3.67. The molecule has 10 heteroatoms. The summed E-state index contributed by atoms with van der Waals surface area (Å²) >= 11 is 0. The van der Waals surface area contributed by atoms with Crippen molar-refractivity contribution in [3.05, 3.63) is 17.6 Å². The van der Waals surface area contributed by atoms with Gasteiger partial charge >= 0.3 is 12.3 Å². The number of furan rings is 1. The molecule has 0 aromatic carbocycles. The Labute approximate surface area is 106 Å². The van der Waals surface area contributed by atoms with Crippen molar-refractivity contribution < 1.29 is 35.5 Å². The Hall–Kier alpha value is -1.13. The fourth-order valence-corrected chi connectivity index (χ4v) is 2.46. The summed E-state index contributed by atoms with van der Waals surface area (Å²) in [4.78, 5) is -0.485. The van der Waals surface area contributed by atoms with Gasteiger partial charge in [-0.15, -0.1) is 0 Å². The van der Waals surface area contributed by atoms with Crippen molar-refractivity contribution >= 4 is 10.0 Å². The summed E-state index contributed by atoms with van der Waals surface area (Å²) < 4.78 is 78.5. The molecule has 0 aliphatic heterocycles. The van der Waals surface area contributed by atoms with Crippen LogP contribution in [0.1, 0.15) is 11.5 Å². The molecule has 1 rings (SSSR count). The van der Waals surface area contributed by atoms with Gasteiger partial charge in [0.2, 0.25) is 10.0 Å². The number of nitrogens with one attached hydrogen (secondary N) is 1. The standard InChI is InChI=1S/C9H11F4NO4S/c1-5-7(2-6(3-15)18-5)19(16,17)14-4-9(12,13)8(10)11/h2,8,14-15H,3-4H2,1H3. The van der Waals surface area contributed by atoms with Gasteiger partial charge in [0.05, 0.1) is 6.54 Å². The highest BCUT2D eigenvalue weighted by Crippen LogP contribution is 2.24. The van der Waals surface area contributed by atoms with Crippen molar-refractivity contribution in [1.82, 2.24) is 4.72 Å². The van der Waals surface area contributed by atoms with Crippen LogP contribution < -0.4 is 4.72 Å². The molecule has 0 aliphatic carbocycles. The minimum absolute atomic E-state index is 0.0847. The number of alkyl halides is 4. The van der Waals surface area contributed by atoms with E-state index in [4.69, 9.17) is 9.52 Å². The smallest absolute Gasteiger partial charge is 0.320 e. The maximum Gasteiger partial charge on any atom is 0.320 e. The second-order valence-electron chi connectivity index (χ2n) is 3.68. The van der Waals surface area contributed by atoms with Crippen LogP contribution >= 0.6 is 0 Å². The molecule has 0 amide bonds. The maximum atomic E-state index is 12.6. The number of aryl methyl sites for hydroxylation is 1. The zero-order chi connectivity index (χ0) is 14.8. The van der Waals surface area contributed by atoms with Crippen LogP contribution in [0.3, 0.4) is 0 Å². The third-order valence-corrected chi connectivity index (χ3v) is 3.69. The highest BCUT2D eigenvalue weighted by molar-refractivity contribution is 7.89. The Bertz CT molecular complexity index is 540. The number of hydrogen-bond donors (Lipinski definition) is 2. The Morgan fingerprint density at radius 3 is 2.47 bits per heavy atom. The van der Waals surface area contributed by atoms with Crippen molar-refractivity contribution in [3.8, 4) is 0 Å². The summed E-state index contributed by atoms with van der Waals surface area (Å²) in [5.74, 6) is -4.69. The van der Waals surface area contributed by atoms with Crippen molar-refractivity contribution in [2.45, 2.75) is 30.8 Å². The number of aliphatic hydroxyl groups excluding tert-OH is 1. The fourth-order valence-electron chi connectivity index (χ4n) is 1.22. The average molecular weight is 305 g/mol. The van der Waals surface area contributed by atoms with E-state index in [1.54, 1.807) is 0 Å². The van der Waals surface area contributed by atoms with E-state index in [2.05, 4.69) is 0 Å².